The summed E-state index contributed by atoms with van der Waals surface area (Å²) in [5.74, 6) is -0.0691. The van der Waals surface area contributed by atoms with Crippen LogP contribution in [-0.4, -0.2) is 35.3 Å². The van der Waals surface area contributed by atoms with Crippen molar-refractivity contribution in [2.45, 2.75) is 59.0 Å². The van der Waals surface area contributed by atoms with Crippen LogP contribution in [-0.2, 0) is 4.79 Å². The summed E-state index contributed by atoms with van der Waals surface area (Å²) in [4.78, 5) is 27.3. The van der Waals surface area contributed by atoms with E-state index in [2.05, 4.69) is 12.2 Å². The molecular formula is C19H28N2O2. The van der Waals surface area contributed by atoms with Crippen molar-refractivity contribution in [2.24, 2.45) is 5.92 Å². The minimum Gasteiger partial charge on any atom is -0.340 e. The first-order chi connectivity index (χ1) is 10.9. The molecule has 4 heteroatoms. The highest BCUT2D eigenvalue weighted by atomic mass is 16.2. The molecule has 1 N–H and O–H groups in total. The van der Waals surface area contributed by atoms with E-state index < -0.39 is 6.04 Å². The molecule has 1 aromatic rings. The molecule has 2 amide bonds. The van der Waals surface area contributed by atoms with Crippen LogP contribution < -0.4 is 5.32 Å². The van der Waals surface area contributed by atoms with Crippen molar-refractivity contribution in [1.82, 2.24) is 10.2 Å². The van der Waals surface area contributed by atoms with Gasteiger partial charge in [-0.15, -0.1) is 0 Å². The largest absolute Gasteiger partial charge is 0.340 e. The predicted molar refractivity (Wildman–Crippen MR) is 92.3 cm³/mol. The van der Waals surface area contributed by atoms with Crippen molar-refractivity contribution in [3.05, 3.63) is 35.4 Å². The van der Waals surface area contributed by atoms with Crippen molar-refractivity contribution in [3.63, 3.8) is 0 Å². The van der Waals surface area contributed by atoms with Crippen LogP contribution in [0.1, 0.15) is 56.0 Å². The first-order valence-corrected chi connectivity index (χ1v) is 8.58. The summed E-state index contributed by atoms with van der Waals surface area (Å²) in [6, 6.07) is 7.21. The van der Waals surface area contributed by atoms with Gasteiger partial charge >= 0.3 is 0 Å². The number of nitrogens with one attached hydrogen (secondary N) is 1. The predicted octanol–water partition coefficient (Wildman–Crippen LogP) is 3.15. The molecule has 2 unspecified atom stereocenters. The van der Waals surface area contributed by atoms with E-state index in [9.17, 15) is 9.59 Å². The second-order valence-electron chi connectivity index (χ2n) is 6.94. The molecule has 0 radical (unpaired) electrons. The van der Waals surface area contributed by atoms with E-state index >= 15 is 0 Å². The molecule has 0 saturated carbocycles. The van der Waals surface area contributed by atoms with Gasteiger partial charge in [-0.25, -0.2) is 0 Å². The molecule has 23 heavy (non-hydrogen) atoms. The average Bonchev–Trinajstić information content (AvgIpc) is 2.52. The Morgan fingerprint density at radius 1 is 1.17 bits per heavy atom. The Morgan fingerprint density at radius 3 is 2.39 bits per heavy atom. The van der Waals surface area contributed by atoms with Crippen LogP contribution >= 0.6 is 0 Å². The molecule has 1 aliphatic rings. The van der Waals surface area contributed by atoms with E-state index in [0.717, 1.165) is 24.9 Å². The maximum atomic E-state index is 12.9. The SMILES string of the molecule is Cc1ccc(C(=O)NC(C(=O)N2CCCCC2C)C(C)C)cc1. The third-order valence-corrected chi connectivity index (χ3v) is 4.62. The summed E-state index contributed by atoms with van der Waals surface area (Å²) in [7, 11) is 0. The lowest BCUT2D eigenvalue weighted by Gasteiger charge is -2.37. The summed E-state index contributed by atoms with van der Waals surface area (Å²) < 4.78 is 0. The molecule has 1 aromatic carbocycles. The number of benzene rings is 1. The Labute approximate surface area is 139 Å². The lowest BCUT2D eigenvalue weighted by molar-refractivity contribution is -0.137. The highest BCUT2D eigenvalue weighted by Crippen LogP contribution is 2.19. The maximum absolute atomic E-state index is 12.9. The normalized spacial score (nSPS) is 19.5. The minimum absolute atomic E-state index is 0.0488. The van der Waals surface area contributed by atoms with Crippen molar-refractivity contribution >= 4 is 11.8 Å². The summed E-state index contributed by atoms with van der Waals surface area (Å²) in [5.41, 5.74) is 1.71. The van der Waals surface area contributed by atoms with Crippen molar-refractivity contribution < 1.29 is 9.59 Å². The number of amides is 2. The zero-order valence-corrected chi connectivity index (χ0v) is 14.6. The zero-order valence-electron chi connectivity index (χ0n) is 14.6. The Morgan fingerprint density at radius 2 is 1.83 bits per heavy atom. The van der Waals surface area contributed by atoms with Gasteiger partial charge in [-0.05, 0) is 51.2 Å². The molecule has 4 nitrogen and oxygen atoms in total. The molecule has 2 atom stereocenters. The van der Waals surface area contributed by atoms with Crippen molar-refractivity contribution in [2.75, 3.05) is 6.54 Å². The third-order valence-electron chi connectivity index (χ3n) is 4.62. The van der Waals surface area contributed by atoms with E-state index in [4.69, 9.17) is 0 Å². The van der Waals surface area contributed by atoms with Crippen LogP contribution in [0, 0.1) is 12.8 Å². The number of piperidine rings is 1. The van der Waals surface area contributed by atoms with E-state index in [1.807, 2.05) is 37.8 Å². The van der Waals surface area contributed by atoms with Gasteiger partial charge in [0.2, 0.25) is 5.91 Å². The molecule has 0 bridgehead atoms. The van der Waals surface area contributed by atoms with E-state index in [0.29, 0.717) is 5.56 Å². The fraction of sp³-hybridized carbons (Fsp3) is 0.579. The second kappa shape index (κ2) is 7.62. The summed E-state index contributed by atoms with van der Waals surface area (Å²) in [5, 5.41) is 2.94. The fourth-order valence-corrected chi connectivity index (χ4v) is 3.05. The van der Waals surface area contributed by atoms with Crippen molar-refractivity contribution in [1.29, 1.82) is 0 Å². The van der Waals surface area contributed by atoms with Crippen molar-refractivity contribution in [3.8, 4) is 0 Å². The number of nitrogens with zero attached hydrogens (tertiary/aromatic N) is 1. The number of aryl methyl sites for hydroxylation is 1. The van der Waals surface area contributed by atoms with Gasteiger partial charge in [-0.2, -0.15) is 0 Å². The van der Waals surface area contributed by atoms with Gasteiger partial charge in [0.05, 0.1) is 0 Å². The number of likely N-dealkylation sites (tertiary alicyclic amines) is 1. The number of hydrogen-bond donors (Lipinski definition) is 1. The van der Waals surface area contributed by atoms with Gasteiger partial charge in [0, 0.05) is 18.2 Å². The van der Waals surface area contributed by atoms with Crippen LogP contribution in [0.25, 0.3) is 0 Å². The Hall–Kier alpha value is -1.84. The summed E-state index contributed by atoms with van der Waals surface area (Å²) in [6.45, 7) is 8.83. The van der Waals surface area contributed by atoms with Gasteiger partial charge in [0.1, 0.15) is 6.04 Å². The number of carbonyl (C=O) groups excluding carboxylic acids is 2. The Bertz CT molecular complexity index is 551. The monoisotopic (exact) mass is 316 g/mol. The smallest absolute Gasteiger partial charge is 0.251 e. The molecule has 0 aliphatic carbocycles. The highest BCUT2D eigenvalue weighted by molar-refractivity contribution is 5.97. The molecular weight excluding hydrogens is 288 g/mol. The maximum Gasteiger partial charge on any atom is 0.251 e. The second-order valence-corrected chi connectivity index (χ2v) is 6.94. The van der Waals surface area contributed by atoms with Crippen LogP contribution in [0.3, 0.4) is 0 Å². The van der Waals surface area contributed by atoms with E-state index in [1.165, 1.54) is 6.42 Å². The average molecular weight is 316 g/mol. The summed E-state index contributed by atoms with van der Waals surface area (Å²) in [6.07, 6.45) is 3.27. The van der Waals surface area contributed by atoms with Crippen LogP contribution in [0.4, 0.5) is 0 Å². The third kappa shape index (κ3) is 4.34. The fourth-order valence-electron chi connectivity index (χ4n) is 3.05. The lowest BCUT2D eigenvalue weighted by Crippen LogP contribution is -2.54. The Balaban J connectivity index is 2.10. The van der Waals surface area contributed by atoms with Crippen LogP contribution in [0.2, 0.25) is 0 Å². The minimum atomic E-state index is -0.468. The lowest BCUT2D eigenvalue weighted by atomic mass is 9.97. The summed E-state index contributed by atoms with van der Waals surface area (Å²) >= 11 is 0. The van der Waals surface area contributed by atoms with Crippen LogP contribution in [0.15, 0.2) is 24.3 Å². The van der Waals surface area contributed by atoms with E-state index in [-0.39, 0.29) is 23.8 Å². The topological polar surface area (TPSA) is 49.4 Å². The molecule has 1 aliphatic heterocycles. The molecule has 2 rings (SSSR count). The number of hydrogen-bond acceptors (Lipinski definition) is 2. The van der Waals surface area contributed by atoms with Gasteiger partial charge < -0.3 is 10.2 Å². The molecule has 1 heterocycles. The van der Waals surface area contributed by atoms with Gasteiger partial charge in [0.15, 0.2) is 0 Å². The standard InChI is InChI=1S/C19H28N2O2/c1-13(2)17(19(23)21-12-6-5-7-15(21)4)20-18(22)16-10-8-14(3)9-11-16/h8-11,13,15,17H,5-7,12H2,1-4H3,(H,20,22). The highest BCUT2D eigenvalue weighted by Gasteiger charge is 2.32. The first-order valence-electron chi connectivity index (χ1n) is 8.58. The van der Waals surface area contributed by atoms with Gasteiger partial charge in [0.25, 0.3) is 5.91 Å². The number of carbonyl (C=O) groups is 2. The molecule has 1 fully saturated rings. The zero-order chi connectivity index (χ0) is 17.0. The molecule has 0 aromatic heterocycles. The number of rotatable bonds is 4. The quantitative estimate of drug-likeness (QED) is 0.927. The van der Waals surface area contributed by atoms with Crippen LogP contribution in [0.5, 0.6) is 0 Å². The molecule has 0 spiro atoms. The molecule has 1 saturated heterocycles. The van der Waals surface area contributed by atoms with Gasteiger partial charge in [-0.1, -0.05) is 31.5 Å². The molecule has 126 valence electrons. The van der Waals surface area contributed by atoms with E-state index in [1.54, 1.807) is 12.1 Å². The first kappa shape index (κ1) is 17.5. The Kier molecular flexibility index (Phi) is 5.80. The van der Waals surface area contributed by atoms with Gasteiger partial charge in [-0.3, -0.25) is 9.59 Å².